The van der Waals surface area contributed by atoms with Crippen LogP contribution in [0.5, 0.6) is 11.5 Å². The molecular formula is C17H15N3O3. The number of carbonyl (C=O) groups excluding carboxylic acids is 1. The van der Waals surface area contributed by atoms with Crippen molar-refractivity contribution < 1.29 is 14.3 Å². The summed E-state index contributed by atoms with van der Waals surface area (Å²) in [5, 5.41) is 14.9. The van der Waals surface area contributed by atoms with Crippen LogP contribution in [0.15, 0.2) is 42.5 Å². The van der Waals surface area contributed by atoms with Crippen molar-refractivity contribution in [2.45, 2.75) is 13.0 Å². The van der Waals surface area contributed by atoms with E-state index in [1.165, 1.54) is 0 Å². The summed E-state index contributed by atoms with van der Waals surface area (Å²) in [6, 6.07) is 13.8. The normalized spacial score (nSPS) is 13.0. The lowest BCUT2D eigenvalue weighted by Gasteiger charge is -2.16. The maximum absolute atomic E-state index is 12.3. The Morgan fingerprint density at radius 3 is 2.83 bits per heavy atom. The van der Waals surface area contributed by atoms with Crippen LogP contribution in [-0.2, 0) is 4.79 Å². The van der Waals surface area contributed by atoms with Gasteiger partial charge in [-0.25, -0.2) is 0 Å². The van der Waals surface area contributed by atoms with Crippen LogP contribution in [0.2, 0.25) is 0 Å². The molecule has 1 amide bonds. The number of amides is 1. The third-order valence-corrected chi connectivity index (χ3v) is 3.45. The SMILES string of the molecule is C[C@H](Nc1ccc2c(c1)OCO2)C(=O)Nc1ccccc1C#N. The van der Waals surface area contributed by atoms with Gasteiger partial charge in [0.1, 0.15) is 12.1 Å². The Bertz CT molecular complexity index is 783. The van der Waals surface area contributed by atoms with Gasteiger partial charge in [0.05, 0.1) is 11.3 Å². The van der Waals surface area contributed by atoms with Crippen LogP contribution in [0, 0.1) is 11.3 Å². The van der Waals surface area contributed by atoms with Crippen LogP contribution in [0.1, 0.15) is 12.5 Å². The molecule has 1 atom stereocenters. The number of carbonyl (C=O) groups is 1. The molecule has 3 rings (SSSR count). The van der Waals surface area contributed by atoms with Crippen LogP contribution in [0.3, 0.4) is 0 Å². The first kappa shape index (κ1) is 14.7. The van der Waals surface area contributed by atoms with Gasteiger partial charge in [0.2, 0.25) is 12.7 Å². The molecule has 0 aromatic heterocycles. The highest BCUT2D eigenvalue weighted by atomic mass is 16.7. The zero-order chi connectivity index (χ0) is 16.2. The van der Waals surface area contributed by atoms with Crippen LogP contribution in [0.4, 0.5) is 11.4 Å². The van der Waals surface area contributed by atoms with Gasteiger partial charge in [0.15, 0.2) is 11.5 Å². The lowest BCUT2D eigenvalue weighted by atomic mass is 10.2. The Balaban J connectivity index is 1.67. The fraction of sp³-hybridized carbons (Fsp3) is 0.176. The highest BCUT2D eigenvalue weighted by molar-refractivity contribution is 5.97. The van der Waals surface area contributed by atoms with E-state index < -0.39 is 6.04 Å². The van der Waals surface area contributed by atoms with Gasteiger partial charge in [-0.05, 0) is 31.2 Å². The average Bonchev–Trinajstić information content (AvgIpc) is 3.03. The number of fused-ring (bicyclic) bond motifs is 1. The molecule has 6 nitrogen and oxygen atoms in total. The van der Waals surface area contributed by atoms with E-state index in [0.717, 1.165) is 5.69 Å². The zero-order valence-electron chi connectivity index (χ0n) is 12.5. The van der Waals surface area contributed by atoms with E-state index in [1.807, 2.05) is 6.07 Å². The maximum Gasteiger partial charge on any atom is 0.246 e. The predicted octanol–water partition coefficient (Wildman–Crippen LogP) is 2.73. The molecule has 0 bridgehead atoms. The van der Waals surface area contributed by atoms with Crippen molar-refractivity contribution in [3.63, 3.8) is 0 Å². The van der Waals surface area contributed by atoms with Crippen LogP contribution >= 0.6 is 0 Å². The van der Waals surface area contributed by atoms with E-state index in [9.17, 15) is 4.79 Å². The van der Waals surface area contributed by atoms with Crippen molar-refractivity contribution in [1.29, 1.82) is 5.26 Å². The summed E-state index contributed by atoms with van der Waals surface area (Å²) in [4.78, 5) is 12.3. The van der Waals surface area contributed by atoms with Gasteiger partial charge in [0, 0.05) is 11.8 Å². The summed E-state index contributed by atoms with van der Waals surface area (Å²) in [5.41, 5.74) is 1.68. The number of nitriles is 1. The molecule has 0 radical (unpaired) electrons. The summed E-state index contributed by atoms with van der Waals surface area (Å²) < 4.78 is 10.6. The van der Waals surface area contributed by atoms with E-state index in [1.54, 1.807) is 43.3 Å². The summed E-state index contributed by atoms with van der Waals surface area (Å²) in [7, 11) is 0. The van der Waals surface area contributed by atoms with E-state index in [2.05, 4.69) is 16.7 Å². The highest BCUT2D eigenvalue weighted by Crippen LogP contribution is 2.34. The Morgan fingerprint density at radius 1 is 1.22 bits per heavy atom. The third kappa shape index (κ3) is 3.19. The van der Waals surface area contributed by atoms with E-state index in [-0.39, 0.29) is 12.7 Å². The summed E-state index contributed by atoms with van der Waals surface area (Å²) in [6.45, 7) is 1.95. The van der Waals surface area contributed by atoms with Gasteiger partial charge in [-0.2, -0.15) is 5.26 Å². The number of para-hydroxylation sites is 1. The smallest absolute Gasteiger partial charge is 0.246 e. The lowest BCUT2D eigenvalue weighted by molar-refractivity contribution is -0.116. The molecule has 0 spiro atoms. The van der Waals surface area contributed by atoms with Crippen molar-refractivity contribution in [3.05, 3.63) is 48.0 Å². The van der Waals surface area contributed by atoms with E-state index >= 15 is 0 Å². The standard InChI is InChI=1S/C17H15N3O3/c1-11(17(21)20-14-5-3-2-4-12(14)9-18)19-13-6-7-15-16(8-13)23-10-22-15/h2-8,11,19H,10H2,1H3,(H,20,21)/t11-/m0/s1. The number of rotatable bonds is 4. The molecule has 0 fully saturated rings. The fourth-order valence-electron chi connectivity index (χ4n) is 2.23. The molecule has 0 saturated carbocycles. The molecule has 2 aromatic rings. The predicted molar refractivity (Wildman–Crippen MR) is 85.4 cm³/mol. The molecule has 2 aromatic carbocycles. The summed E-state index contributed by atoms with van der Waals surface area (Å²) in [5.74, 6) is 1.11. The average molecular weight is 309 g/mol. The van der Waals surface area contributed by atoms with Gasteiger partial charge in [-0.1, -0.05) is 12.1 Å². The molecule has 116 valence electrons. The molecule has 0 aliphatic carbocycles. The van der Waals surface area contributed by atoms with Crippen molar-refractivity contribution >= 4 is 17.3 Å². The second kappa shape index (κ2) is 6.28. The Hall–Kier alpha value is -3.20. The van der Waals surface area contributed by atoms with Gasteiger partial charge < -0.3 is 20.1 Å². The molecule has 0 saturated heterocycles. The Morgan fingerprint density at radius 2 is 2.00 bits per heavy atom. The first-order valence-corrected chi connectivity index (χ1v) is 7.13. The lowest BCUT2D eigenvalue weighted by Crippen LogP contribution is -2.32. The summed E-state index contributed by atoms with van der Waals surface area (Å²) >= 11 is 0. The van der Waals surface area contributed by atoms with Gasteiger partial charge in [0.25, 0.3) is 0 Å². The van der Waals surface area contributed by atoms with Crippen LogP contribution < -0.4 is 20.1 Å². The first-order chi connectivity index (χ1) is 11.2. The minimum Gasteiger partial charge on any atom is -0.454 e. The topological polar surface area (TPSA) is 83.4 Å². The monoisotopic (exact) mass is 309 g/mol. The number of ether oxygens (including phenoxy) is 2. The van der Waals surface area contributed by atoms with Crippen LogP contribution in [-0.4, -0.2) is 18.7 Å². The third-order valence-electron chi connectivity index (χ3n) is 3.45. The quantitative estimate of drug-likeness (QED) is 0.907. The van der Waals surface area contributed by atoms with Crippen molar-refractivity contribution in [3.8, 4) is 17.6 Å². The van der Waals surface area contributed by atoms with Gasteiger partial charge >= 0.3 is 0 Å². The number of benzene rings is 2. The molecule has 1 aliphatic heterocycles. The second-order valence-corrected chi connectivity index (χ2v) is 5.08. The molecule has 0 unspecified atom stereocenters. The number of hydrogen-bond donors (Lipinski definition) is 2. The van der Waals surface area contributed by atoms with Crippen molar-refractivity contribution in [2.75, 3.05) is 17.4 Å². The maximum atomic E-state index is 12.3. The Labute approximate surface area is 133 Å². The highest BCUT2D eigenvalue weighted by Gasteiger charge is 2.17. The molecule has 1 aliphatic rings. The van der Waals surface area contributed by atoms with Gasteiger partial charge in [-0.3, -0.25) is 4.79 Å². The molecule has 2 N–H and O–H groups in total. The summed E-state index contributed by atoms with van der Waals surface area (Å²) in [6.07, 6.45) is 0. The minimum atomic E-state index is -0.484. The number of hydrogen-bond acceptors (Lipinski definition) is 5. The van der Waals surface area contributed by atoms with Crippen molar-refractivity contribution in [1.82, 2.24) is 0 Å². The largest absolute Gasteiger partial charge is 0.454 e. The van der Waals surface area contributed by atoms with Crippen LogP contribution in [0.25, 0.3) is 0 Å². The number of nitrogens with one attached hydrogen (secondary N) is 2. The minimum absolute atomic E-state index is 0.208. The zero-order valence-corrected chi connectivity index (χ0v) is 12.5. The first-order valence-electron chi connectivity index (χ1n) is 7.13. The van der Waals surface area contributed by atoms with Crippen molar-refractivity contribution in [2.24, 2.45) is 0 Å². The Kier molecular flexibility index (Phi) is 4.02. The number of nitrogens with zero attached hydrogens (tertiary/aromatic N) is 1. The molecule has 23 heavy (non-hydrogen) atoms. The second-order valence-electron chi connectivity index (χ2n) is 5.08. The van der Waals surface area contributed by atoms with E-state index in [0.29, 0.717) is 22.7 Å². The van der Waals surface area contributed by atoms with Gasteiger partial charge in [-0.15, -0.1) is 0 Å². The van der Waals surface area contributed by atoms with E-state index in [4.69, 9.17) is 14.7 Å². The molecule has 6 heteroatoms. The fourth-order valence-corrected chi connectivity index (χ4v) is 2.23. The molecule has 1 heterocycles. The molecular weight excluding hydrogens is 294 g/mol. The number of anilines is 2.